The van der Waals surface area contributed by atoms with Gasteiger partial charge in [-0.15, -0.1) is 0 Å². The summed E-state index contributed by atoms with van der Waals surface area (Å²) >= 11 is 0. The third kappa shape index (κ3) is 6.24. The maximum Gasteiger partial charge on any atom is 0.130 e. The molecule has 0 aliphatic carbocycles. The van der Waals surface area contributed by atoms with Gasteiger partial charge in [-0.25, -0.2) is 0 Å². The topological polar surface area (TPSA) is 17.1 Å². The van der Waals surface area contributed by atoms with E-state index in [0.717, 1.165) is 17.5 Å². The summed E-state index contributed by atoms with van der Waals surface area (Å²) in [4.78, 5) is 11.2. The molecule has 1 heteroatoms. The molecule has 2 aromatic carbocycles. The molecule has 0 saturated carbocycles. The Balaban J connectivity index is 2.02. The van der Waals surface area contributed by atoms with Crippen LogP contribution in [0.5, 0.6) is 0 Å². The molecule has 0 aliphatic rings. The van der Waals surface area contributed by atoms with Crippen LogP contribution in [0.1, 0.15) is 63.3 Å². The molecule has 0 bridgehead atoms. The van der Waals surface area contributed by atoms with Crippen LogP contribution in [-0.4, -0.2) is 5.78 Å². The molecule has 0 saturated heterocycles. The van der Waals surface area contributed by atoms with Gasteiger partial charge in [-0.2, -0.15) is 0 Å². The minimum absolute atomic E-state index is 0.168. The van der Waals surface area contributed by atoms with Crippen LogP contribution in [0.4, 0.5) is 0 Å². The number of hydrogen-bond donors (Lipinski definition) is 0. The first kappa shape index (κ1) is 19.0. The number of hydrogen-bond acceptors (Lipinski definition) is 1. The van der Waals surface area contributed by atoms with Gasteiger partial charge in [0.25, 0.3) is 0 Å². The number of ketones is 1. The second-order valence-electron chi connectivity index (χ2n) is 7.99. The fraction of sp³-hybridized carbons (Fsp3) is 0.375. The highest BCUT2D eigenvalue weighted by atomic mass is 16.1. The van der Waals surface area contributed by atoms with E-state index < -0.39 is 0 Å². The van der Waals surface area contributed by atoms with Gasteiger partial charge in [0.05, 0.1) is 0 Å². The van der Waals surface area contributed by atoms with E-state index in [1.165, 1.54) is 11.1 Å². The maximum absolute atomic E-state index is 11.2. The molecule has 1 atom stereocenters. The van der Waals surface area contributed by atoms with Gasteiger partial charge in [-0.05, 0) is 60.1 Å². The molecule has 0 amide bonds. The molecule has 0 radical (unpaired) electrons. The van der Waals surface area contributed by atoms with E-state index in [1.807, 2.05) is 0 Å². The highest BCUT2D eigenvalue weighted by molar-refractivity contribution is 5.75. The Kier molecular flexibility index (Phi) is 6.21. The van der Waals surface area contributed by atoms with Gasteiger partial charge < -0.3 is 4.79 Å². The second-order valence-corrected chi connectivity index (χ2v) is 7.99. The van der Waals surface area contributed by atoms with Crippen molar-refractivity contribution in [3.63, 3.8) is 0 Å². The molecule has 2 rings (SSSR count). The Hall–Kier alpha value is -2.33. The Morgan fingerprint density at radius 1 is 0.920 bits per heavy atom. The van der Waals surface area contributed by atoms with Crippen molar-refractivity contribution in [1.82, 2.24) is 0 Å². The smallest absolute Gasteiger partial charge is 0.130 e. The van der Waals surface area contributed by atoms with Gasteiger partial charge in [-0.1, -0.05) is 63.8 Å². The van der Waals surface area contributed by atoms with Crippen LogP contribution in [0.15, 0.2) is 48.5 Å². The highest BCUT2D eigenvalue weighted by Crippen LogP contribution is 2.22. The molecule has 0 aliphatic heterocycles. The lowest BCUT2D eigenvalue weighted by molar-refractivity contribution is -0.117. The van der Waals surface area contributed by atoms with Gasteiger partial charge in [0, 0.05) is 17.5 Å². The number of carbonyl (C=O) groups excluding carboxylic acids is 1. The summed E-state index contributed by atoms with van der Waals surface area (Å²) in [5.41, 5.74) is 4.80. The lowest BCUT2D eigenvalue weighted by Crippen LogP contribution is -2.10. The average Bonchev–Trinajstić information content (AvgIpc) is 2.53. The first-order valence-electron chi connectivity index (χ1n) is 8.95. The van der Waals surface area contributed by atoms with Crippen molar-refractivity contribution in [3.8, 4) is 11.8 Å². The molecule has 0 aromatic heterocycles. The van der Waals surface area contributed by atoms with Crippen LogP contribution in [0.3, 0.4) is 0 Å². The van der Waals surface area contributed by atoms with E-state index in [9.17, 15) is 4.79 Å². The molecule has 0 fully saturated rings. The van der Waals surface area contributed by atoms with Crippen molar-refractivity contribution < 1.29 is 4.79 Å². The monoisotopic (exact) mass is 332 g/mol. The van der Waals surface area contributed by atoms with Crippen molar-refractivity contribution in [2.75, 3.05) is 0 Å². The zero-order valence-corrected chi connectivity index (χ0v) is 16.0. The lowest BCUT2D eigenvalue weighted by atomic mass is 9.87. The number of Topliss-reactive ketones (excluding diaryl/α,β-unsaturated/α-hetero) is 1. The summed E-state index contributed by atoms with van der Waals surface area (Å²) in [5.74, 6) is 7.10. The van der Waals surface area contributed by atoms with E-state index in [2.05, 4.69) is 88.1 Å². The SMILES string of the molecule is CC(=O)CC(C)Cc1ccc(C#Cc2ccc(C(C)(C)C)cc2)cc1. The normalized spacial score (nSPS) is 12.2. The molecule has 2 aromatic rings. The zero-order chi connectivity index (χ0) is 18.4. The van der Waals surface area contributed by atoms with Crippen molar-refractivity contribution >= 4 is 5.78 Å². The summed E-state index contributed by atoms with van der Waals surface area (Å²) in [6.45, 7) is 10.4. The minimum atomic E-state index is 0.168. The van der Waals surface area contributed by atoms with Crippen LogP contribution < -0.4 is 0 Å². The lowest BCUT2D eigenvalue weighted by Gasteiger charge is -2.18. The third-order valence-electron chi connectivity index (χ3n) is 4.28. The van der Waals surface area contributed by atoms with E-state index in [1.54, 1.807) is 6.92 Å². The van der Waals surface area contributed by atoms with Crippen molar-refractivity contribution in [1.29, 1.82) is 0 Å². The van der Waals surface area contributed by atoms with E-state index in [-0.39, 0.29) is 11.2 Å². The predicted molar refractivity (Wildman–Crippen MR) is 106 cm³/mol. The molecule has 0 spiro atoms. The standard InChI is InChI=1S/C24H28O/c1-18(16-19(2)25)17-22-10-8-20(9-11-22)6-7-21-12-14-23(15-13-21)24(3,4)5/h8-15,18H,16-17H2,1-5H3. The highest BCUT2D eigenvalue weighted by Gasteiger charge is 2.12. The van der Waals surface area contributed by atoms with E-state index in [4.69, 9.17) is 0 Å². The molecule has 0 N–H and O–H groups in total. The Morgan fingerprint density at radius 3 is 1.84 bits per heavy atom. The van der Waals surface area contributed by atoms with Crippen LogP contribution in [0, 0.1) is 17.8 Å². The minimum Gasteiger partial charge on any atom is -0.300 e. The number of rotatable bonds is 4. The van der Waals surface area contributed by atoms with Gasteiger partial charge in [0.15, 0.2) is 0 Å². The van der Waals surface area contributed by atoms with E-state index >= 15 is 0 Å². The maximum atomic E-state index is 11.2. The molecule has 130 valence electrons. The van der Waals surface area contributed by atoms with Gasteiger partial charge in [0.2, 0.25) is 0 Å². The summed E-state index contributed by atoms with van der Waals surface area (Å²) in [6.07, 6.45) is 1.58. The Bertz CT molecular complexity index is 762. The molecule has 0 heterocycles. The molecule has 1 unspecified atom stereocenters. The van der Waals surface area contributed by atoms with Gasteiger partial charge >= 0.3 is 0 Å². The Morgan fingerprint density at radius 2 is 1.40 bits per heavy atom. The first-order chi connectivity index (χ1) is 11.7. The van der Waals surface area contributed by atoms with Crippen LogP contribution in [0.2, 0.25) is 0 Å². The predicted octanol–water partition coefficient (Wildman–Crippen LogP) is 5.54. The van der Waals surface area contributed by atoms with Gasteiger partial charge in [0.1, 0.15) is 5.78 Å². The van der Waals surface area contributed by atoms with Gasteiger partial charge in [-0.3, -0.25) is 0 Å². The quantitative estimate of drug-likeness (QED) is 0.672. The number of carbonyl (C=O) groups is 1. The molecular weight excluding hydrogens is 304 g/mol. The first-order valence-corrected chi connectivity index (χ1v) is 8.95. The molecule has 25 heavy (non-hydrogen) atoms. The summed E-state index contributed by atoms with van der Waals surface area (Å²) in [7, 11) is 0. The summed E-state index contributed by atoms with van der Waals surface area (Å²) in [5, 5.41) is 0. The fourth-order valence-corrected chi connectivity index (χ4v) is 2.89. The van der Waals surface area contributed by atoms with Crippen LogP contribution in [-0.2, 0) is 16.6 Å². The second kappa shape index (κ2) is 8.17. The zero-order valence-electron chi connectivity index (χ0n) is 16.0. The summed E-state index contributed by atoms with van der Waals surface area (Å²) < 4.78 is 0. The van der Waals surface area contributed by atoms with Crippen molar-refractivity contribution in [2.45, 2.75) is 52.9 Å². The fourth-order valence-electron chi connectivity index (χ4n) is 2.89. The van der Waals surface area contributed by atoms with Crippen molar-refractivity contribution in [3.05, 3.63) is 70.8 Å². The largest absolute Gasteiger partial charge is 0.300 e. The summed E-state index contributed by atoms with van der Waals surface area (Å²) in [6, 6.07) is 16.8. The Labute approximate surface area is 152 Å². The number of benzene rings is 2. The molecule has 1 nitrogen and oxygen atoms in total. The average molecular weight is 332 g/mol. The van der Waals surface area contributed by atoms with Crippen molar-refractivity contribution in [2.24, 2.45) is 5.92 Å². The third-order valence-corrected chi connectivity index (χ3v) is 4.28. The molecular formula is C24H28O. The van der Waals surface area contributed by atoms with Crippen LogP contribution in [0.25, 0.3) is 0 Å². The van der Waals surface area contributed by atoms with E-state index in [0.29, 0.717) is 12.3 Å². The van der Waals surface area contributed by atoms with Crippen LogP contribution >= 0.6 is 0 Å².